The van der Waals surface area contributed by atoms with Crippen molar-refractivity contribution in [2.45, 2.75) is 46.0 Å². The van der Waals surface area contributed by atoms with Gasteiger partial charge in [0.05, 0.1) is 7.11 Å². The maximum Gasteiger partial charge on any atom is 0.123 e. The molecule has 1 aromatic rings. The minimum absolute atomic E-state index is 0.163. The molecule has 0 saturated heterocycles. The third-order valence-electron chi connectivity index (χ3n) is 2.95. The van der Waals surface area contributed by atoms with Gasteiger partial charge in [-0.1, -0.05) is 38.5 Å². The van der Waals surface area contributed by atoms with E-state index < -0.39 is 0 Å². The van der Waals surface area contributed by atoms with Gasteiger partial charge in [-0.15, -0.1) is 11.6 Å². The lowest BCUT2D eigenvalue weighted by atomic mass is 9.90. The van der Waals surface area contributed by atoms with Crippen molar-refractivity contribution in [2.75, 3.05) is 13.7 Å². The number of alkyl halides is 1. The number of halogens is 1. The van der Waals surface area contributed by atoms with Crippen molar-refractivity contribution in [3.05, 3.63) is 29.3 Å². The molecular formula is C16H26ClNO. The topological polar surface area (TPSA) is 21.3 Å². The fraction of sp³-hybridized carbons (Fsp3) is 0.625. The Kier molecular flexibility index (Phi) is 6.15. The Bertz CT molecular complexity index is 398. The molecule has 0 bridgehead atoms. The first kappa shape index (κ1) is 16.3. The summed E-state index contributed by atoms with van der Waals surface area (Å²) in [5.41, 5.74) is 2.70. The SMILES string of the molecule is COc1ccc(C)cc1CNCC(Cl)CC(C)(C)C. The van der Waals surface area contributed by atoms with Crippen molar-refractivity contribution in [3.8, 4) is 5.75 Å². The molecule has 0 fully saturated rings. The lowest BCUT2D eigenvalue weighted by Gasteiger charge is -2.22. The van der Waals surface area contributed by atoms with Gasteiger partial charge in [0.2, 0.25) is 0 Å². The Labute approximate surface area is 122 Å². The first-order chi connectivity index (χ1) is 8.81. The van der Waals surface area contributed by atoms with E-state index in [1.165, 1.54) is 11.1 Å². The fourth-order valence-corrected chi connectivity index (χ4v) is 2.72. The van der Waals surface area contributed by atoms with Crippen molar-refractivity contribution in [1.29, 1.82) is 0 Å². The van der Waals surface area contributed by atoms with E-state index in [-0.39, 0.29) is 10.8 Å². The normalized spacial score (nSPS) is 13.4. The number of hydrogen-bond acceptors (Lipinski definition) is 2. The van der Waals surface area contributed by atoms with Gasteiger partial charge in [-0.25, -0.2) is 0 Å². The lowest BCUT2D eigenvalue weighted by molar-refractivity contribution is 0.363. The minimum atomic E-state index is 0.163. The molecule has 108 valence electrons. The highest BCUT2D eigenvalue weighted by Crippen LogP contribution is 2.23. The smallest absolute Gasteiger partial charge is 0.123 e. The van der Waals surface area contributed by atoms with Crippen LogP contribution in [-0.4, -0.2) is 19.0 Å². The molecule has 0 aliphatic rings. The third kappa shape index (κ3) is 6.31. The van der Waals surface area contributed by atoms with E-state index in [1.54, 1.807) is 7.11 Å². The molecule has 1 atom stereocenters. The molecule has 0 aliphatic heterocycles. The van der Waals surface area contributed by atoms with E-state index in [0.717, 1.165) is 25.3 Å². The Morgan fingerprint density at radius 1 is 1.32 bits per heavy atom. The molecule has 19 heavy (non-hydrogen) atoms. The highest BCUT2D eigenvalue weighted by Gasteiger charge is 2.16. The standard InChI is InChI=1S/C16H26ClNO/c1-12-6-7-15(19-5)13(8-12)10-18-11-14(17)9-16(2,3)4/h6-8,14,18H,9-11H2,1-5H3. The largest absolute Gasteiger partial charge is 0.496 e. The molecule has 1 N–H and O–H groups in total. The number of aryl methyl sites for hydroxylation is 1. The molecule has 0 heterocycles. The molecule has 1 unspecified atom stereocenters. The Balaban J connectivity index is 2.47. The fourth-order valence-electron chi connectivity index (χ4n) is 2.15. The van der Waals surface area contributed by atoms with Gasteiger partial charge in [0.15, 0.2) is 0 Å². The molecule has 1 aromatic carbocycles. The summed E-state index contributed by atoms with van der Waals surface area (Å²) in [6.07, 6.45) is 1.01. The second-order valence-electron chi connectivity index (χ2n) is 6.31. The summed E-state index contributed by atoms with van der Waals surface area (Å²) in [5, 5.41) is 3.58. The van der Waals surface area contributed by atoms with Crippen LogP contribution in [0.3, 0.4) is 0 Å². The summed E-state index contributed by atoms with van der Waals surface area (Å²) >= 11 is 6.34. The molecular weight excluding hydrogens is 258 g/mol. The van der Waals surface area contributed by atoms with Crippen LogP contribution in [0.25, 0.3) is 0 Å². The van der Waals surface area contributed by atoms with E-state index in [0.29, 0.717) is 0 Å². The van der Waals surface area contributed by atoms with Crippen LogP contribution in [0.5, 0.6) is 5.75 Å². The molecule has 0 saturated carbocycles. The summed E-state index contributed by atoms with van der Waals surface area (Å²) < 4.78 is 5.37. The first-order valence-corrected chi connectivity index (χ1v) is 7.24. The predicted molar refractivity (Wildman–Crippen MR) is 83.2 cm³/mol. The Hall–Kier alpha value is -0.730. The van der Waals surface area contributed by atoms with Crippen molar-refractivity contribution >= 4 is 11.6 Å². The van der Waals surface area contributed by atoms with Crippen LogP contribution in [0.4, 0.5) is 0 Å². The van der Waals surface area contributed by atoms with Crippen LogP contribution in [-0.2, 0) is 6.54 Å². The quantitative estimate of drug-likeness (QED) is 0.793. The Morgan fingerprint density at radius 2 is 2.00 bits per heavy atom. The number of benzene rings is 1. The summed E-state index contributed by atoms with van der Waals surface area (Å²) in [5.74, 6) is 0.931. The molecule has 2 nitrogen and oxygen atoms in total. The zero-order chi connectivity index (χ0) is 14.5. The summed E-state index contributed by atoms with van der Waals surface area (Å²) in [6, 6.07) is 6.23. The van der Waals surface area contributed by atoms with E-state index in [4.69, 9.17) is 16.3 Å². The maximum absolute atomic E-state index is 6.34. The molecule has 0 amide bonds. The van der Waals surface area contributed by atoms with Gasteiger partial charge in [0.1, 0.15) is 5.75 Å². The van der Waals surface area contributed by atoms with Crippen molar-refractivity contribution < 1.29 is 4.74 Å². The minimum Gasteiger partial charge on any atom is -0.496 e. The predicted octanol–water partition coefficient (Wildman–Crippen LogP) is 4.14. The van der Waals surface area contributed by atoms with Crippen LogP contribution >= 0.6 is 11.6 Å². The number of methoxy groups -OCH3 is 1. The van der Waals surface area contributed by atoms with Gasteiger partial charge in [0, 0.05) is 24.0 Å². The van der Waals surface area contributed by atoms with E-state index in [1.807, 2.05) is 6.07 Å². The number of ether oxygens (including phenoxy) is 1. The zero-order valence-electron chi connectivity index (χ0n) is 12.7. The van der Waals surface area contributed by atoms with Gasteiger partial charge < -0.3 is 10.1 Å². The molecule has 0 aromatic heterocycles. The average Bonchev–Trinajstić information content (AvgIpc) is 2.27. The Morgan fingerprint density at radius 3 is 2.58 bits per heavy atom. The van der Waals surface area contributed by atoms with Crippen LogP contribution in [0.15, 0.2) is 18.2 Å². The highest BCUT2D eigenvalue weighted by molar-refractivity contribution is 6.20. The first-order valence-electron chi connectivity index (χ1n) is 6.80. The van der Waals surface area contributed by atoms with Gasteiger partial charge in [-0.05, 0) is 24.8 Å². The number of nitrogens with one attached hydrogen (secondary N) is 1. The van der Waals surface area contributed by atoms with Gasteiger partial charge in [0.25, 0.3) is 0 Å². The van der Waals surface area contributed by atoms with Gasteiger partial charge in [-0.3, -0.25) is 0 Å². The molecule has 3 heteroatoms. The summed E-state index contributed by atoms with van der Waals surface area (Å²) in [7, 11) is 1.71. The van der Waals surface area contributed by atoms with E-state index in [9.17, 15) is 0 Å². The third-order valence-corrected chi connectivity index (χ3v) is 3.26. The zero-order valence-corrected chi connectivity index (χ0v) is 13.5. The molecule has 0 spiro atoms. The van der Waals surface area contributed by atoms with Gasteiger partial charge in [-0.2, -0.15) is 0 Å². The molecule has 0 aliphatic carbocycles. The van der Waals surface area contributed by atoms with Crippen LogP contribution < -0.4 is 10.1 Å². The second-order valence-corrected chi connectivity index (χ2v) is 6.93. The monoisotopic (exact) mass is 283 g/mol. The number of rotatable bonds is 6. The van der Waals surface area contributed by atoms with E-state index >= 15 is 0 Å². The number of hydrogen-bond donors (Lipinski definition) is 1. The summed E-state index contributed by atoms with van der Waals surface area (Å²) in [6.45, 7) is 10.3. The van der Waals surface area contributed by atoms with Crippen molar-refractivity contribution in [3.63, 3.8) is 0 Å². The summed E-state index contributed by atoms with van der Waals surface area (Å²) in [4.78, 5) is 0. The lowest BCUT2D eigenvalue weighted by Crippen LogP contribution is -2.26. The van der Waals surface area contributed by atoms with Gasteiger partial charge >= 0.3 is 0 Å². The van der Waals surface area contributed by atoms with Crippen molar-refractivity contribution in [1.82, 2.24) is 5.32 Å². The van der Waals surface area contributed by atoms with Crippen LogP contribution in [0, 0.1) is 12.3 Å². The average molecular weight is 284 g/mol. The molecule has 1 rings (SSSR count). The van der Waals surface area contributed by atoms with Crippen molar-refractivity contribution in [2.24, 2.45) is 5.41 Å². The van der Waals surface area contributed by atoms with E-state index in [2.05, 4.69) is 45.1 Å². The van der Waals surface area contributed by atoms with Crippen LogP contribution in [0.1, 0.15) is 38.3 Å². The maximum atomic E-state index is 6.34. The highest BCUT2D eigenvalue weighted by atomic mass is 35.5. The molecule has 0 radical (unpaired) electrons. The van der Waals surface area contributed by atoms with Crippen LogP contribution in [0.2, 0.25) is 0 Å². The second kappa shape index (κ2) is 7.16.